The molecule has 1 aromatic carbocycles. The fourth-order valence-electron chi connectivity index (χ4n) is 2.27. The molecule has 1 aliphatic carbocycles. The maximum Gasteiger partial charge on any atom is -0.00365 e. The monoisotopic (exact) mass is 187 g/mol. The van der Waals surface area contributed by atoms with Crippen molar-refractivity contribution >= 4 is 5.57 Å². The lowest BCUT2D eigenvalue weighted by molar-refractivity contribution is 0.961. The summed E-state index contributed by atoms with van der Waals surface area (Å²) in [4.78, 5) is 0. The van der Waals surface area contributed by atoms with E-state index in [1.807, 2.05) is 0 Å². The van der Waals surface area contributed by atoms with E-state index in [2.05, 4.69) is 26.5 Å². The molecule has 1 aliphatic rings. The number of hydrogen-bond acceptors (Lipinski definition) is 1. The second kappa shape index (κ2) is 3.25. The quantitative estimate of drug-likeness (QED) is 0.784. The number of nitrogens with two attached hydrogens (primary N) is 1. The highest BCUT2D eigenvalue weighted by Gasteiger charge is 2.29. The van der Waals surface area contributed by atoms with Crippen LogP contribution in [0.4, 0.5) is 0 Å². The molecule has 0 fully saturated rings. The van der Waals surface area contributed by atoms with E-state index in [9.17, 15) is 0 Å². The predicted octanol–water partition coefficient (Wildman–Crippen LogP) is 2.43. The third kappa shape index (κ3) is 1.20. The molecule has 1 heteroatoms. The third-order valence-electron chi connectivity index (χ3n) is 3.11. The van der Waals surface area contributed by atoms with Gasteiger partial charge in [0.15, 0.2) is 0 Å². The summed E-state index contributed by atoms with van der Waals surface area (Å²) >= 11 is 0. The molecule has 14 heavy (non-hydrogen) atoms. The van der Waals surface area contributed by atoms with Gasteiger partial charge >= 0.3 is 0 Å². The highest BCUT2D eigenvalue weighted by Crippen LogP contribution is 2.47. The number of aryl methyl sites for hydroxylation is 1. The molecule has 0 aromatic heterocycles. The summed E-state index contributed by atoms with van der Waals surface area (Å²) in [7, 11) is 0. The van der Waals surface area contributed by atoms with Gasteiger partial charge in [-0.1, -0.05) is 19.6 Å². The van der Waals surface area contributed by atoms with Gasteiger partial charge in [-0.15, -0.1) is 0 Å². The van der Waals surface area contributed by atoms with E-state index in [-0.39, 0.29) is 0 Å². The van der Waals surface area contributed by atoms with Crippen LogP contribution in [0.1, 0.15) is 34.7 Å². The van der Waals surface area contributed by atoms with Gasteiger partial charge in [0.25, 0.3) is 0 Å². The lowest BCUT2D eigenvalue weighted by atomic mass is 10.0. The molecule has 0 spiro atoms. The molecule has 2 rings (SSSR count). The van der Waals surface area contributed by atoms with Crippen LogP contribution in [0.25, 0.3) is 5.57 Å². The normalized spacial score (nSPS) is 12.9. The van der Waals surface area contributed by atoms with Gasteiger partial charge in [-0.25, -0.2) is 0 Å². The van der Waals surface area contributed by atoms with Crippen LogP contribution in [-0.2, 0) is 12.8 Å². The molecule has 0 heterocycles. The zero-order chi connectivity index (χ0) is 10.3. The zero-order valence-electron chi connectivity index (χ0n) is 8.98. The van der Waals surface area contributed by atoms with Crippen molar-refractivity contribution in [1.29, 1.82) is 0 Å². The highest BCUT2D eigenvalue weighted by molar-refractivity contribution is 6.02. The van der Waals surface area contributed by atoms with Gasteiger partial charge in [-0.05, 0) is 59.7 Å². The van der Waals surface area contributed by atoms with E-state index in [4.69, 9.17) is 5.73 Å². The predicted molar refractivity (Wildman–Crippen MR) is 61.5 cm³/mol. The number of rotatable bonds is 3. The third-order valence-corrected chi connectivity index (χ3v) is 3.11. The summed E-state index contributed by atoms with van der Waals surface area (Å²) in [5.41, 5.74) is 13.9. The van der Waals surface area contributed by atoms with Crippen LogP contribution in [-0.4, -0.2) is 6.54 Å². The summed E-state index contributed by atoms with van der Waals surface area (Å²) in [5.74, 6) is 0. The first-order chi connectivity index (χ1) is 6.70. The van der Waals surface area contributed by atoms with E-state index in [1.54, 1.807) is 0 Å². The maximum atomic E-state index is 5.60. The Kier molecular flexibility index (Phi) is 2.20. The molecular formula is C13H17N. The fourth-order valence-corrected chi connectivity index (χ4v) is 2.27. The lowest BCUT2D eigenvalue weighted by Gasteiger charge is -2.04. The van der Waals surface area contributed by atoms with Gasteiger partial charge in [0.05, 0.1) is 0 Å². The Morgan fingerprint density at radius 3 is 2.57 bits per heavy atom. The van der Waals surface area contributed by atoms with Gasteiger partial charge in [-0.2, -0.15) is 0 Å². The topological polar surface area (TPSA) is 26.0 Å². The molecule has 0 saturated heterocycles. The summed E-state index contributed by atoms with van der Waals surface area (Å²) in [6.07, 6.45) is 2.08. The summed E-state index contributed by atoms with van der Waals surface area (Å²) in [5, 5.41) is 0. The number of hydrogen-bond donors (Lipinski definition) is 1. The largest absolute Gasteiger partial charge is 0.330 e. The Bertz CT molecular complexity index is 402. The Labute approximate surface area is 85.6 Å². The Hall–Kier alpha value is -1.08. The van der Waals surface area contributed by atoms with Crippen molar-refractivity contribution in [2.45, 2.75) is 26.7 Å². The minimum absolute atomic E-state index is 0.728. The Morgan fingerprint density at radius 2 is 2.00 bits per heavy atom. The van der Waals surface area contributed by atoms with Gasteiger partial charge in [0, 0.05) is 0 Å². The first kappa shape index (κ1) is 9.47. The Balaban J connectivity index is 2.51. The molecule has 74 valence electrons. The van der Waals surface area contributed by atoms with Gasteiger partial charge in [0.1, 0.15) is 0 Å². The molecule has 0 bridgehead atoms. The van der Waals surface area contributed by atoms with E-state index >= 15 is 0 Å². The van der Waals surface area contributed by atoms with Gasteiger partial charge in [0.2, 0.25) is 0 Å². The fraction of sp³-hybridized carbons (Fsp3) is 0.385. The molecule has 0 atom stereocenters. The van der Waals surface area contributed by atoms with Crippen molar-refractivity contribution in [2.24, 2.45) is 5.73 Å². The molecule has 0 aliphatic heterocycles. The van der Waals surface area contributed by atoms with Crippen molar-refractivity contribution < 1.29 is 0 Å². The smallest absolute Gasteiger partial charge is 0.00365 e. The molecule has 2 N–H and O–H groups in total. The van der Waals surface area contributed by atoms with Crippen LogP contribution in [0.5, 0.6) is 0 Å². The second-order valence-corrected chi connectivity index (χ2v) is 3.94. The van der Waals surface area contributed by atoms with Crippen LogP contribution in [0.3, 0.4) is 0 Å². The summed E-state index contributed by atoms with van der Waals surface area (Å²) in [6, 6.07) is 2.30. The molecule has 0 unspecified atom stereocenters. The van der Waals surface area contributed by atoms with Crippen molar-refractivity contribution in [1.82, 2.24) is 0 Å². The zero-order valence-corrected chi connectivity index (χ0v) is 8.98. The van der Waals surface area contributed by atoms with Crippen LogP contribution >= 0.6 is 0 Å². The minimum Gasteiger partial charge on any atom is -0.330 e. The van der Waals surface area contributed by atoms with Crippen molar-refractivity contribution in [3.05, 3.63) is 40.5 Å². The Morgan fingerprint density at radius 1 is 1.29 bits per heavy atom. The number of fused-ring (bicyclic) bond motifs is 1. The van der Waals surface area contributed by atoms with Crippen LogP contribution in [0.15, 0.2) is 12.6 Å². The highest BCUT2D eigenvalue weighted by atomic mass is 14.5. The molecular weight excluding hydrogens is 170 g/mol. The maximum absolute atomic E-state index is 5.60. The van der Waals surface area contributed by atoms with E-state index in [0.717, 1.165) is 19.4 Å². The van der Waals surface area contributed by atoms with Crippen LogP contribution in [0, 0.1) is 6.92 Å². The van der Waals surface area contributed by atoms with Crippen molar-refractivity contribution in [3.8, 4) is 0 Å². The standard InChI is InChI=1S/C13H17N/c1-4-10-7-11(5-6-14)13-9(3)12(13)8(10)2/h7H,3-6,14H2,1-2H3. The average Bonchev–Trinajstić information content (AvgIpc) is 2.84. The van der Waals surface area contributed by atoms with Crippen LogP contribution in [0.2, 0.25) is 0 Å². The molecule has 0 amide bonds. The minimum atomic E-state index is 0.728. The summed E-state index contributed by atoms with van der Waals surface area (Å²) < 4.78 is 0. The van der Waals surface area contributed by atoms with E-state index in [0.29, 0.717) is 0 Å². The van der Waals surface area contributed by atoms with Gasteiger partial charge < -0.3 is 5.73 Å². The number of benzene rings is 1. The summed E-state index contributed by atoms with van der Waals surface area (Å²) in [6.45, 7) is 9.20. The average molecular weight is 187 g/mol. The molecule has 0 radical (unpaired) electrons. The SMILES string of the molecule is C=C1c2c(CCN)cc(CC)c(C)c21. The van der Waals surface area contributed by atoms with Crippen molar-refractivity contribution in [2.75, 3.05) is 6.54 Å². The lowest BCUT2D eigenvalue weighted by Crippen LogP contribution is -2.03. The van der Waals surface area contributed by atoms with Crippen LogP contribution < -0.4 is 5.73 Å². The first-order valence-electron chi connectivity index (χ1n) is 5.25. The van der Waals surface area contributed by atoms with E-state index in [1.165, 1.54) is 33.4 Å². The molecule has 1 nitrogen and oxygen atoms in total. The van der Waals surface area contributed by atoms with Gasteiger partial charge in [-0.3, -0.25) is 0 Å². The molecule has 0 saturated carbocycles. The first-order valence-corrected chi connectivity index (χ1v) is 5.25. The van der Waals surface area contributed by atoms with Crippen molar-refractivity contribution in [3.63, 3.8) is 0 Å². The second-order valence-electron chi connectivity index (χ2n) is 3.94. The van der Waals surface area contributed by atoms with E-state index < -0.39 is 0 Å². The molecule has 1 aromatic rings.